The van der Waals surface area contributed by atoms with Gasteiger partial charge in [0.2, 0.25) is 0 Å². The molecule has 0 spiro atoms. The minimum absolute atomic E-state index is 0.116. The maximum absolute atomic E-state index is 13.2. The van der Waals surface area contributed by atoms with Crippen LogP contribution >= 0.6 is 0 Å². The lowest BCUT2D eigenvalue weighted by Gasteiger charge is -2.11. The molecule has 0 heterocycles. The molecule has 1 atom stereocenters. The van der Waals surface area contributed by atoms with Gasteiger partial charge in [-0.25, -0.2) is 4.39 Å². The van der Waals surface area contributed by atoms with Gasteiger partial charge in [-0.05, 0) is 11.5 Å². The summed E-state index contributed by atoms with van der Waals surface area (Å²) in [5, 5.41) is 0. The van der Waals surface area contributed by atoms with Gasteiger partial charge in [-0.15, -0.1) is 0 Å². The molecule has 12 heavy (non-hydrogen) atoms. The van der Waals surface area contributed by atoms with Crippen LogP contribution in [-0.2, 0) is 6.42 Å². The smallest absolute Gasteiger partial charge is 0.106 e. The molecule has 1 unspecified atom stereocenters. The monoisotopic (exact) mass is 166 g/mol. The highest BCUT2D eigenvalue weighted by Crippen LogP contribution is 2.12. The Labute approximate surface area is 73.4 Å². The fourth-order valence-electron chi connectivity index (χ4n) is 1.07. The normalized spacial score (nSPS) is 13.3. The molecule has 0 saturated carbocycles. The number of alkyl halides is 1. The zero-order valence-corrected chi connectivity index (χ0v) is 7.63. The first-order chi connectivity index (χ1) is 5.70. The van der Waals surface area contributed by atoms with E-state index in [0.29, 0.717) is 6.42 Å². The van der Waals surface area contributed by atoms with Crippen LogP contribution in [0, 0.1) is 5.92 Å². The second-order valence-corrected chi connectivity index (χ2v) is 3.45. The number of benzene rings is 1. The van der Waals surface area contributed by atoms with E-state index < -0.39 is 6.17 Å². The fraction of sp³-hybridized carbons (Fsp3) is 0.455. The summed E-state index contributed by atoms with van der Waals surface area (Å²) in [4.78, 5) is 0. The Balaban J connectivity index is 2.53. The second-order valence-electron chi connectivity index (χ2n) is 3.45. The number of rotatable bonds is 3. The molecule has 1 aromatic carbocycles. The van der Waals surface area contributed by atoms with Crippen LogP contribution in [0.2, 0.25) is 0 Å². The summed E-state index contributed by atoms with van der Waals surface area (Å²) in [5.74, 6) is 0.116. The van der Waals surface area contributed by atoms with Gasteiger partial charge in [-0.2, -0.15) is 0 Å². The van der Waals surface area contributed by atoms with E-state index in [2.05, 4.69) is 0 Å². The molecule has 66 valence electrons. The van der Waals surface area contributed by atoms with E-state index in [1.54, 1.807) is 0 Å². The Bertz CT molecular complexity index is 216. The highest BCUT2D eigenvalue weighted by molar-refractivity contribution is 5.15. The molecule has 0 aliphatic heterocycles. The molecule has 0 saturated heterocycles. The molecule has 0 fully saturated rings. The van der Waals surface area contributed by atoms with Crippen molar-refractivity contribution in [2.75, 3.05) is 0 Å². The van der Waals surface area contributed by atoms with Gasteiger partial charge in [0.25, 0.3) is 0 Å². The average molecular weight is 166 g/mol. The van der Waals surface area contributed by atoms with Crippen molar-refractivity contribution >= 4 is 0 Å². The van der Waals surface area contributed by atoms with Crippen LogP contribution in [0.1, 0.15) is 19.4 Å². The standard InChI is InChI=1S/C11H15F/c1-9(2)11(12)8-10-6-4-3-5-7-10/h3-7,9,11H,8H2,1-2H3. The molecule has 0 radical (unpaired) electrons. The highest BCUT2D eigenvalue weighted by atomic mass is 19.1. The third-order valence-corrected chi connectivity index (χ3v) is 2.00. The maximum Gasteiger partial charge on any atom is 0.106 e. The summed E-state index contributed by atoms with van der Waals surface area (Å²) in [6.07, 6.45) is -0.175. The van der Waals surface area contributed by atoms with E-state index in [-0.39, 0.29) is 5.92 Å². The van der Waals surface area contributed by atoms with Crippen molar-refractivity contribution < 1.29 is 4.39 Å². The van der Waals surface area contributed by atoms with Crippen molar-refractivity contribution in [3.63, 3.8) is 0 Å². The summed E-state index contributed by atoms with van der Waals surface area (Å²) in [6, 6.07) is 9.78. The van der Waals surface area contributed by atoms with Gasteiger partial charge < -0.3 is 0 Å². The first-order valence-corrected chi connectivity index (χ1v) is 4.38. The highest BCUT2D eigenvalue weighted by Gasteiger charge is 2.11. The summed E-state index contributed by atoms with van der Waals surface area (Å²) in [5.41, 5.74) is 1.08. The Morgan fingerprint density at radius 1 is 1.17 bits per heavy atom. The molecule has 1 aromatic rings. The lowest BCUT2D eigenvalue weighted by atomic mass is 10.0. The minimum atomic E-state index is -0.715. The van der Waals surface area contributed by atoms with Gasteiger partial charge in [0.15, 0.2) is 0 Å². The molecular formula is C11H15F. The van der Waals surface area contributed by atoms with Crippen molar-refractivity contribution in [1.82, 2.24) is 0 Å². The molecule has 0 aliphatic carbocycles. The van der Waals surface area contributed by atoms with Crippen LogP contribution in [-0.4, -0.2) is 6.17 Å². The van der Waals surface area contributed by atoms with Crippen LogP contribution in [0.15, 0.2) is 30.3 Å². The molecule has 0 bridgehead atoms. The van der Waals surface area contributed by atoms with E-state index in [1.165, 1.54) is 0 Å². The largest absolute Gasteiger partial charge is 0.247 e. The van der Waals surface area contributed by atoms with Gasteiger partial charge in [-0.1, -0.05) is 44.2 Å². The van der Waals surface area contributed by atoms with Crippen LogP contribution in [0.4, 0.5) is 4.39 Å². The van der Waals surface area contributed by atoms with Crippen molar-refractivity contribution in [2.24, 2.45) is 5.92 Å². The molecule has 1 rings (SSSR count). The van der Waals surface area contributed by atoms with Gasteiger partial charge in [0.05, 0.1) is 0 Å². The molecule has 1 heteroatoms. The lowest BCUT2D eigenvalue weighted by Crippen LogP contribution is -2.12. The SMILES string of the molecule is CC(C)C(F)Cc1ccccc1. The molecule has 0 N–H and O–H groups in total. The van der Waals surface area contributed by atoms with Crippen molar-refractivity contribution in [2.45, 2.75) is 26.4 Å². The van der Waals surface area contributed by atoms with Gasteiger partial charge in [0.1, 0.15) is 6.17 Å². The minimum Gasteiger partial charge on any atom is -0.247 e. The van der Waals surface area contributed by atoms with Crippen molar-refractivity contribution in [3.05, 3.63) is 35.9 Å². The van der Waals surface area contributed by atoms with Crippen LogP contribution in [0.5, 0.6) is 0 Å². The Morgan fingerprint density at radius 3 is 2.25 bits per heavy atom. The second kappa shape index (κ2) is 4.24. The predicted octanol–water partition coefficient (Wildman–Crippen LogP) is 3.22. The number of hydrogen-bond donors (Lipinski definition) is 0. The summed E-state index contributed by atoms with van der Waals surface area (Å²) in [6.45, 7) is 3.82. The van der Waals surface area contributed by atoms with Gasteiger partial charge >= 0.3 is 0 Å². The molecule has 0 aliphatic rings. The first-order valence-electron chi connectivity index (χ1n) is 4.38. The van der Waals surface area contributed by atoms with E-state index in [4.69, 9.17) is 0 Å². The zero-order chi connectivity index (χ0) is 8.97. The van der Waals surface area contributed by atoms with Crippen LogP contribution < -0.4 is 0 Å². The van der Waals surface area contributed by atoms with Crippen molar-refractivity contribution in [1.29, 1.82) is 0 Å². The number of hydrogen-bond acceptors (Lipinski definition) is 0. The molecule has 0 aromatic heterocycles. The van der Waals surface area contributed by atoms with E-state index in [9.17, 15) is 4.39 Å². The summed E-state index contributed by atoms with van der Waals surface area (Å²) >= 11 is 0. The fourth-order valence-corrected chi connectivity index (χ4v) is 1.07. The Kier molecular flexibility index (Phi) is 3.27. The molecule has 0 amide bonds. The van der Waals surface area contributed by atoms with Crippen LogP contribution in [0.3, 0.4) is 0 Å². The van der Waals surface area contributed by atoms with E-state index in [1.807, 2.05) is 44.2 Å². The molecular weight excluding hydrogens is 151 g/mol. The third-order valence-electron chi connectivity index (χ3n) is 2.00. The Morgan fingerprint density at radius 2 is 1.75 bits per heavy atom. The van der Waals surface area contributed by atoms with Crippen molar-refractivity contribution in [3.8, 4) is 0 Å². The number of halogens is 1. The lowest BCUT2D eigenvalue weighted by molar-refractivity contribution is 0.254. The summed E-state index contributed by atoms with van der Waals surface area (Å²) < 4.78 is 13.2. The predicted molar refractivity (Wildman–Crippen MR) is 49.9 cm³/mol. The molecule has 0 nitrogen and oxygen atoms in total. The average Bonchev–Trinajstić information content (AvgIpc) is 2.06. The Hall–Kier alpha value is -0.850. The van der Waals surface area contributed by atoms with E-state index in [0.717, 1.165) is 5.56 Å². The quantitative estimate of drug-likeness (QED) is 0.646. The maximum atomic E-state index is 13.2. The third kappa shape index (κ3) is 2.65. The zero-order valence-electron chi connectivity index (χ0n) is 7.63. The topological polar surface area (TPSA) is 0 Å². The van der Waals surface area contributed by atoms with Gasteiger partial charge in [-0.3, -0.25) is 0 Å². The van der Waals surface area contributed by atoms with Gasteiger partial charge in [0, 0.05) is 6.42 Å². The summed E-state index contributed by atoms with van der Waals surface area (Å²) in [7, 11) is 0. The van der Waals surface area contributed by atoms with E-state index >= 15 is 0 Å². The van der Waals surface area contributed by atoms with Crippen LogP contribution in [0.25, 0.3) is 0 Å². The first kappa shape index (κ1) is 9.24.